The number of anilines is 2. The molecule has 5 rings (SSSR count). The lowest BCUT2D eigenvalue weighted by Crippen LogP contribution is -2.58. The number of ether oxygens (including phenoxy) is 2. The Labute approximate surface area is 424 Å². The van der Waals surface area contributed by atoms with Gasteiger partial charge in [-0.25, -0.2) is 13.2 Å². The predicted molar refractivity (Wildman–Crippen MR) is 262 cm³/mol. The van der Waals surface area contributed by atoms with E-state index in [4.69, 9.17) is 32.7 Å². The van der Waals surface area contributed by atoms with Gasteiger partial charge in [-0.05, 0) is 112 Å². The second kappa shape index (κ2) is 24.1. The summed E-state index contributed by atoms with van der Waals surface area (Å²) in [6.45, 7) is 8.68. The van der Waals surface area contributed by atoms with Crippen molar-refractivity contribution in [1.29, 1.82) is 5.26 Å². The highest BCUT2D eigenvalue weighted by atomic mass is 32.1. The number of nitrogens with one attached hydrogen (secondary N) is 2. The number of aromatic nitrogens is 1. The normalized spacial score (nSPS) is 14.2. The van der Waals surface area contributed by atoms with E-state index in [9.17, 15) is 37.1 Å². The summed E-state index contributed by atoms with van der Waals surface area (Å²) in [7, 11) is 1.14. The van der Waals surface area contributed by atoms with Gasteiger partial charge < -0.3 is 45.3 Å². The Morgan fingerprint density at radius 3 is 2.26 bits per heavy atom. The molecule has 4 aromatic rings. The van der Waals surface area contributed by atoms with Crippen LogP contribution < -0.4 is 30.9 Å². The molecule has 390 valence electrons. The Balaban J connectivity index is 1.09. The summed E-state index contributed by atoms with van der Waals surface area (Å²) in [5, 5.41) is 14.4. The number of primary amides is 1. The van der Waals surface area contributed by atoms with Crippen LogP contribution in [0.3, 0.4) is 0 Å². The first-order chi connectivity index (χ1) is 34.3. The molecule has 4 amide bonds. The smallest absolute Gasteiger partial charge is 0.420 e. The summed E-state index contributed by atoms with van der Waals surface area (Å²) in [6, 6.07) is 12.4. The standard InChI is InChI=1S/C51H56F6N8O7S/c1-49(2,3)44(47(70)64-20-10-11-38(64)46(69)61-26-30-12-14-31(15-13-30)45(59)68)62-40(67)28-71-21-8-7-9-22-72-39-19-17-32(23-35(39)52)43-36(53)24-34(27-60-43)65(50(4,5)29-66)48(73)63(6)37-18-16-33(25-58)41(42(37)54)51(55,56)57/h12-19,23-24,27,29,38,44H,7-11,20-22,26,28H2,1-6H3,(H2,59,68)(H,61,69)(H,62,67). The molecule has 2 heterocycles. The summed E-state index contributed by atoms with van der Waals surface area (Å²) in [5.41, 5.74) is 0.229. The molecule has 15 nitrogen and oxygen atoms in total. The van der Waals surface area contributed by atoms with E-state index in [-0.39, 0.29) is 60.9 Å². The fourth-order valence-corrected chi connectivity index (χ4v) is 8.40. The van der Waals surface area contributed by atoms with Crippen LogP contribution in [0.15, 0.2) is 66.9 Å². The van der Waals surface area contributed by atoms with Crippen molar-refractivity contribution in [1.82, 2.24) is 20.5 Å². The molecule has 0 radical (unpaired) electrons. The van der Waals surface area contributed by atoms with E-state index < -0.39 is 80.4 Å². The monoisotopic (exact) mass is 1040 g/mol. The van der Waals surface area contributed by atoms with Crippen LogP contribution >= 0.6 is 12.2 Å². The first kappa shape index (κ1) is 56.8. The highest BCUT2D eigenvalue weighted by Crippen LogP contribution is 2.39. The lowest BCUT2D eigenvalue weighted by molar-refractivity contribution is -0.144. The second-order valence-electron chi connectivity index (χ2n) is 18.8. The minimum Gasteiger partial charge on any atom is -0.491 e. The molecule has 2 unspecified atom stereocenters. The number of pyridine rings is 1. The van der Waals surface area contributed by atoms with Crippen LogP contribution in [0.25, 0.3) is 11.3 Å². The maximum absolute atomic E-state index is 15.8. The summed E-state index contributed by atoms with van der Waals surface area (Å²) in [6.07, 6.45) is -1.04. The number of nitriles is 1. The van der Waals surface area contributed by atoms with Crippen LogP contribution in [0.5, 0.6) is 5.75 Å². The van der Waals surface area contributed by atoms with Crippen molar-refractivity contribution < 1.29 is 59.8 Å². The molecule has 1 aliphatic heterocycles. The Morgan fingerprint density at radius 1 is 0.973 bits per heavy atom. The highest BCUT2D eigenvalue weighted by molar-refractivity contribution is 7.80. The number of carbonyl (C=O) groups excluding carboxylic acids is 5. The zero-order chi connectivity index (χ0) is 54.0. The van der Waals surface area contributed by atoms with E-state index in [0.29, 0.717) is 50.5 Å². The number of amides is 4. The molecule has 22 heteroatoms. The van der Waals surface area contributed by atoms with E-state index in [1.165, 1.54) is 36.9 Å². The number of nitrogens with zero attached hydrogens (tertiary/aromatic N) is 5. The molecule has 0 spiro atoms. The number of likely N-dealkylation sites (tertiary alicyclic amines) is 1. The van der Waals surface area contributed by atoms with Crippen molar-refractivity contribution in [2.24, 2.45) is 11.1 Å². The van der Waals surface area contributed by atoms with Crippen LogP contribution in [0.1, 0.15) is 93.8 Å². The number of aldehydes is 1. The molecular formula is C51H56F6N8O7S. The first-order valence-electron chi connectivity index (χ1n) is 23.1. The molecular weight excluding hydrogens is 983 g/mol. The molecule has 1 aliphatic rings. The molecule has 3 aromatic carbocycles. The first-order valence-corrected chi connectivity index (χ1v) is 23.5. The number of thiocarbonyl (C=S) groups is 1. The van der Waals surface area contributed by atoms with Crippen molar-refractivity contribution in [3.8, 4) is 23.1 Å². The number of unbranched alkanes of at least 4 members (excludes halogenated alkanes) is 2. The Kier molecular flexibility index (Phi) is 18.7. The third-order valence-electron chi connectivity index (χ3n) is 11.9. The van der Waals surface area contributed by atoms with E-state index in [2.05, 4.69) is 15.6 Å². The molecule has 73 heavy (non-hydrogen) atoms. The molecule has 2 atom stereocenters. The van der Waals surface area contributed by atoms with Gasteiger partial charge in [-0.3, -0.25) is 24.2 Å². The predicted octanol–water partition coefficient (Wildman–Crippen LogP) is 7.76. The van der Waals surface area contributed by atoms with Gasteiger partial charge in [0.05, 0.1) is 41.4 Å². The zero-order valence-corrected chi connectivity index (χ0v) is 41.8. The minimum atomic E-state index is -5.23. The van der Waals surface area contributed by atoms with E-state index in [1.54, 1.807) is 24.3 Å². The lowest BCUT2D eigenvalue weighted by atomic mass is 9.85. The van der Waals surface area contributed by atoms with Gasteiger partial charge in [-0.1, -0.05) is 32.9 Å². The van der Waals surface area contributed by atoms with Gasteiger partial charge in [0, 0.05) is 43.9 Å². The maximum atomic E-state index is 15.8. The van der Waals surface area contributed by atoms with Crippen LogP contribution in [-0.4, -0.2) is 95.9 Å². The molecule has 1 saturated heterocycles. The third-order valence-corrected chi connectivity index (χ3v) is 12.4. The summed E-state index contributed by atoms with van der Waals surface area (Å²) in [4.78, 5) is 71.2. The molecule has 0 aliphatic carbocycles. The van der Waals surface area contributed by atoms with Gasteiger partial charge in [-0.2, -0.15) is 18.4 Å². The summed E-state index contributed by atoms with van der Waals surface area (Å²) < 4.78 is 98.9. The molecule has 1 fully saturated rings. The van der Waals surface area contributed by atoms with Gasteiger partial charge in [0.1, 0.15) is 36.2 Å². The number of carbonyl (C=O) groups is 5. The van der Waals surface area contributed by atoms with Crippen LogP contribution in [0.2, 0.25) is 0 Å². The largest absolute Gasteiger partial charge is 0.491 e. The number of rotatable bonds is 20. The number of hydrogen-bond donors (Lipinski definition) is 3. The number of benzene rings is 3. The van der Waals surface area contributed by atoms with E-state index in [0.717, 1.165) is 52.9 Å². The van der Waals surface area contributed by atoms with Gasteiger partial charge in [0.15, 0.2) is 28.3 Å². The van der Waals surface area contributed by atoms with Crippen molar-refractivity contribution >= 4 is 58.6 Å². The van der Waals surface area contributed by atoms with E-state index >= 15 is 13.2 Å². The minimum absolute atomic E-state index is 0.0138. The maximum Gasteiger partial charge on any atom is 0.420 e. The van der Waals surface area contributed by atoms with Crippen molar-refractivity contribution in [3.05, 3.63) is 107 Å². The van der Waals surface area contributed by atoms with Crippen molar-refractivity contribution in [2.75, 3.05) is 43.2 Å². The van der Waals surface area contributed by atoms with Crippen molar-refractivity contribution in [3.63, 3.8) is 0 Å². The number of nitrogens with two attached hydrogens (primary N) is 1. The number of alkyl halides is 3. The molecule has 0 saturated carbocycles. The lowest BCUT2D eigenvalue weighted by Gasteiger charge is -2.39. The fraction of sp³-hybridized carbons (Fsp3) is 0.412. The zero-order valence-electron chi connectivity index (χ0n) is 41.0. The topological polar surface area (TPSA) is 200 Å². The van der Waals surface area contributed by atoms with Gasteiger partial charge in [0.25, 0.3) is 0 Å². The van der Waals surface area contributed by atoms with Gasteiger partial charge in [0.2, 0.25) is 23.6 Å². The fourth-order valence-electron chi connectivity index (χ4n) is 7.96. The Morgan fingerprint density at radius 2 is 1.66 bits per heavy atom. The van der Waals surface area contributed by atoms with Crippen LogP contribution in [0.4, 0.5) is 37.7 Å². The average molecular weight is 1040 g/mol. The molecule has 4 N–H and O–H groups in total. The SMILES string of the molecule is CN(C(=S)N(c1cnc(-c2ccc(OCCCCCOCC(=O)NC(C(=O)N3CCCC3C(=O)NCc3ccc(C(N)=O)cc3)C(C)(C)C)c(F)c2)c(F)c1)C(C)(C)C=O)c1ccc(C#N)c(C(F)(F)F)c1F. The molecule has 0 bridgehead atoms. The Bertz CT molecular complexity index is 2750. The summed E-state index contributed by atoms with van der Waals surface area (Å²) >= 11 is 5.51. The van der Waals surface area contributed by atoms with Crippen LogP contribution in [0, 0.1) is 34.2 Å². The van der Waals surface area contributed by atoms with Gasteiger partial charge >= 0.3 is 6.18 Å². The average Bonchev–Trinajstić information content (AvgIpc) is 3.83. The van der Waals surface area contributed by atoms with Crippen LogP contribution in [-0.2, 0) is 36.6 Å². The van der Waals surface area contributed by atoms with Gasteiger partial charge in [-0.15, -0.1) is 0 Å². The van der Waals surface area contributed by atoms with E-state index in [1.807, 2.05) is 20.8 Å². The summed E-state index contributed by atoms with van der Waals surface area (Å²) in [5.74, 6) is -5.52. The quantitative estimate of drug-likeness (QED) is 0.0337. The highest BCUT2D eigenvalue weighted by Gasteiger charge is 2.43. The third kappa shape index (κ3) is 14.1. The second-order valence-corrected chi connectivity index (χ2v) is 19.2. The Hall–Kier alpha value is -7.12. The van der Waals surface area contributed by atoms with Crippen molar-refractivity contribution in [2.45, 2.75) is 97.1 Å². The molecule has 1 aromatic heterocycles. The number of hydrogen-bond acceptors (Lipinski definition) is 10. The number of halogens is 6.